The molecule has 1 saturated heterocycles. The topological polar surface area (TPSA) is 72.4 Å². The van der Waals surface area contributed by atoms with Gasteiger partial charge in [-0.05, 0) is 26.8 Å². The molecule has 4 rings (SSSR count). The van der Waals surface area contributed by atoms with Crippen molar-refractivity contribution in [2.75, 3.05) is 37.5 Å². The van der Waals surface area contributed by atoms with Crippen LogP contribution in [0.1, 0.15) is 41.9 Å². The van der Waals surface area contributed by atoms with Gasteiger partial charge in [0.1, 0.15) is 18.0 Å². The maximum atomic E-state index is 14.7. The molecule has 10 heteroatoms. The Kier molecular flexibility index (Phi) is 6.90. The van der Waals surface area contributed by atoms with Crippen molar-refractivity contribution >= 4 is 22.4 Å². The quantitative estimate of drug-likeness (QED) is 0.529. The first-order valence-electron chi connectivity index (χ1n) is 11.0. The molecule has 0 unspecified atom stereocenters. The van der Waals surface area contributed by atoms with Crippen LogP contribution in [-0.2, 0) is 9.47 Å². The van der Waals surface area contributed by atoms with Crippen molar-refractivity contribution in [2.24, 2.45) is 0 Å². The predicted molar refractivity (Wildman–Crippen MR) is 124 cm³/mol. The highest BCUT2D eigenvalue weighted by atomic mass is 19.3. The molecule has 1 aliphatic rings. The normalized spacial score (nSPS) is 19.3. The van der Waals surface area contributed by atoms with E-state index in [1.807, 2.05) is 19.9 Å². The summed E-state index contributed by atoms with van der Waals surface area (Å²) in [6.07, 6.45) is -3.03. The fourth-order valence-electron chi connectivity index (χ4n) is 4.45. The van der Waals surface area contributed by atoms with Gasteiger partial charge in [-0.1, -0.05) is 18.2 Å². The first-order valence-corrected chi connectivity index (χ1v) is 11.0. The van der Waals surface area contributed by atoms with Gasteiger partial charge in [-0.2, -0.15) is 5.10 Å². The summed E-state index contributed by atoms with van der Waals surface area (Å²) in [5.41, 5.74) is 2.55. The molecule has 2 aromatic heterocycles. The lowest BCUT2D eigenvalue weighted by molar-refractivity contribution is -0.00461. The molecule has 1 fully saturated rings. The number of benzene rings is 1. The van der Waals surface area contributed by atoms with Gasteiger partial charge in [0.05, 0.1) is 34.2 Å². The Hall–Kier alpha value is -2.98. The first-order chi connectivity index (χ1) is 16.2. The number of pyridine rings is 1. The maximum Gasteiger partial charge on any atom is 0.266 e. The summed E-state index contributed by atoms with van der Waals surface area (Å²) in [4.78, 5) is 6.93. The molecule has 0 amide bonds. The van der Waals surface area contributed by atoms with Gasteiger partial charge < -0.3 is 19.7 Å². The number of halogens is 3. The van der Waals surface area contributed by atoms with Crippen LogP contribution < -0.4 is 10.2 Å². The van der Waals surface area contributed by atoms with Gasteiger partial charge in [0.25, 0.3) is 6.43 Å². The number of anilines is 2. The van der Waals surface area contributed by atoms with Gasteiger partial charge in [0.2, 0.25) is 0 Å². The monoisotopic (exact) mass is 475 g/mol. The molecule has 3 atom stereocenters. The largest absolute Gasteiger partial charge is 0.377 e. The van der Waals surface area contributed by atoms with Crippen molar-refractivity contribution in [1.82, 2.24) is 15.2 Å². The van der Waals surface area contributed by atoms with Crippen LogP contribution in [0.5, 0.6) is 0 Å². The highest BCUT2D eigenvalue weighted by Crippen LogP contribution is 2.34. The summed E-state index contributed by atoms with van der Waals surface area (Å²) >= 11 is 0. The molecule has 0 spiro atoms. The number of alkyl halides is 2. The zero-order chi connectivity index (χ0) is 24.6. The second kappa shape index (κ2) is 9.71. The van der Waals surface area contributed by atoms with E-state index in [4.69, 9.17) is 14.5 Å². The van der Waals surface area contributed by atoms with Crippen molar-refractivity contribution in [3.05, 3.63) is 52.6 Å². The van der Waals surface area contributed by atoms with Crippen molar-refractivity contribution in [3.63, 3.8) is 0 Å². The number of nitrogens with zero attached hydrogens (tertiary/aromatic N) is 4. The van der Waals surface area contributed by atoms with Crippen LogP contribution in [0.25, 0.3) is 10.9 Å². The van der Waals surface area contributed by atoms with E-state index in [1.54, 1.807) is 21.1 Å². The highest BCUT2D eigenvalue weighted by Gasteiger charge is 2.34. The van der Waals surface area contributed by atoms with Crippen molar-refractivity contribution in [1.29, 1.82) is 0 Å². The SMILES string of the molecule is CO[C@H]1CN(c2cc3c(N[C@H](C)c4cccc(C(F)F)c4F)nnc(C)c3nc2C)C[C@H]1OC. The van der Waals surface area contributed by atoms with Crippen LogP contribution in [0, 0.1) is 19.7 Å². The van der Waals surface area contributed by atoms with E-state index in [9.17, 15) is 13.2 Å². The van der Waals surface area contributed by atoms with Gasteiger partial charge in [0.15, 0.2) is 5.82 Å². The third kappa shape index (κ3) is 4.39. The number of aromatic nitrogens is 3. The Balaban J connectivity index is 1.72. The molecule has 0 aliphatic carbocycles. The number of rotatable bonds is 7. The highest BCUT2D eigenvalue weighted by molar-refractivity contribution is 5.93. The fraction of sp³-hybridized carbons (Fsp3) is 0.458. The summed E-state index contributed by atoms with van der Waals surface area (Å²) in [6.45, 7) is 6.72. The zero-order valence-electron chi connectivity index (χ0n) is 19.8. The van der Waals surface area contributed by atoms with Gasteiger partial charge in [-0.3, -0.25) is 0 Å². The average molecular weight is 476 g/mol. The molecule has 182 valence electrons. The number of nitrogens with one attached hydrogen (secondary N) is 1. The summed E-state index contributed by atoms with van der Waals surface area (Å²) in [5.74, 6) is -0.528. The molecule has 1 aromatic carbocycles. The van der Waals surface area contributed by atoms with E-state index in [1.165, 1.54) is 12.1 Å². The molecule has 0 radical (unpaired) electrons. The molecule has 0 bridgehead atoms. The standard InChI is InChI=1S/C24H28F3N5O2/c1-12(15-7-6-8-16(21(15)25)23(26)27)29-24-17-9-18(13(2)28-22(17)14(3)30-31-24)32-10-19(33-4)20(11-32)34-5/h6-9,12,19-20,23H,10-11H2,1-5H3,(H,29,31)/t12-,19-,20+/m1/s1. The van der Waals surface area contributed by atoms with Gasteiger partial charge in [-0.25, -0.2) is 18.2 Å². The van der Waals surface area contributed by atoms with E-state index in [0.717, 1.165) is 17.4 Å². The second-order valence-electron chi connectivity index (χ2n) is 8.49. The Labute approximate surface area is 196 Å². The predicted octanol–water partition coefficient (Wildman–Crippen LogP) is 4.74. The number of aryl methyl sites for hydroxylation is 2. The molecular weight excluding hydrogens is 447 g/mol. The second-order valence-corrected chi connectivity index (χ2v) is 8.49. The smallest absolute Gasteiger partial charge is 0.266 e. The number of hydrogen-bond donors (Lipinski definition) is 1. The minimum atomic E-state index is -2.89. The van der Waals surface area contributed by atoms with Crippen molar-refractivity contribution < 1.29 is 22.6 Å². The molecule has 0 saturated carbocycles. The molecule has 7 nitrogen and oxygen atoms in total. The summed E-state index contributed by atoms with van der Waals surface area (Å²) < 4.78 is 52.2. The van der Waals surface area contributed by atoms with Crippen LogP contribution >= 0.6 is 0 Å². The van der Waals surface area contributed by atoms with E-state index in [0.29, 0.717) is 35.5 Å². The molecule has 34 heavy (non-hydrogen) atoms. The maximum absolute atomic E-state index is 14.7. The molecular formula is C24H28F3N5O2. The summed E-state index contributed by atoms with van der Waals surface area (Å²) in [6, 6.07) is 5.34. The summed E-state index contributed by atoms with van der Waals surface area (Å²) in [5, 5.41) is 12.3. The van der Waals surface area contributed by atoms with Crippen LogP contribution in [-0.4, -0.2) is 54.7 Å². The van der Waals surface area contributed by atoms with Gasteiger partial charge in [-0.15, -0.1) is 5.10 Å². The molecule has 1 aliphatic heterocycles. The Morgan fingerprint density at radius 1 is 1.03 bits per heavy atom. The van der Waals surface area contributed by atoms with Crippen molar-refractivity contribution in [2.45, 2.75) is 45.4 Å². The Morgan fingerprint density at radius 3 is 2.29 bits per heavy atom. The number of ether oxygens (including phenoxy) is 2. The van der Waals surface area contributed by atoms with E-state index in [2.05, 4.69) is 20.4 Å². The average Bonchev–Trinajstić information content (AvgIpc) is 3.24. The third-order valence-electron chi connectivity index (χ3n) is 6.36. The van der Waals surface area contributed by atoms with Crippen LogP contribution in [0.2, 0.25) is 0 Å². The fourth-order valence-corrected chi connectivity index (χ4v) is 4.45. The lowest BCUT2D eigenvalue weighted by Crippen LogP contribution is -2.27. The minimum absolute atomic E-state index is 0.0693. The van der Waals surface area contributed by atoms with Crippen LogP contribution in [0.3, 0.4) is 0 Å². The van der Waals surface area contributed by atoms with E-state index < -0.39 is 23.8 Å². The molecule has 1 N–H and O–H groups in total. The lowest BCUT2D eigenvalue weighted by atomic mass is 10.0. The number of methoxy groups -OCH3 is 2. The molecule has 3 heterocycles. The Morgan fingerprint density at radius 2 is 1.68 bits per heavy atom. The lowest BCUT2D eigenvalue weighted by Gasteiger charge is -2.22. The van der Waals surface area contributed by atoms with Crippen molar-refractivity contribution in [3.8, 4) is 0 Å². The zero-order valence-corrected chi connectivity index (χ0v) is 19.8. The molecule has 3 aromatic rings. The number of hydrogen-bond acceptors (Lipinski definition) is 7. The Bertz CT molecular complexity index is 1180. The number of fused-ring (bicyclic) bond motifs is 1. The minimum Gasteiger partial charge on any atom is -0.377 e. The van der Waals surface area contributed by atoms with E-state index >= 15 is 0 Å². The first kappa shape index (κ1) is 24.2. The third-order valence-corrected chi connectivity index (χ3v) is 6.36. The van der Waals surface area contributed by atoms with E-state index in [-0.39, 0.29) is 17.8 Å². The van der Waals surface area contributed by atoms with Crippen LogP contribution in [0.4, 0.5) is 24.7 Å². The van der Waals surface area contributed by atoms with Gasteiger partial charge in [0, 0.05) is 38.3 Å². The van der Waals surface area contributed by atoms with Gasteiger partial charge >= 0.3 is 0 Å². The van der Waals surface area contributed by atoms with Crippen LogP contribution in [0.15, 0.2) is 24.3 Å². The summed E-state index contributed by atoms with van der Waals surface area (Å²) in [7, 11) is 3.33.